The van der Waals surface area contributed by atoms with Crippen molar-refractivity contribution in [2.24, 2.45) is 0 Å². The molecule has 0 atom stereocenters. The number of fused-ring (bicyclic) bond motifs is 1. The van der Waals surface area contributed by atoms with Crippen LogP contribution in [0.25, 0.3) is 5.65 Å². The van der Waals surface area contributed by atoms with E-state index in [9.17, 15) is 4.79 Å². The molecule has 0 spiro atoms. The number of hydrogen-bond acceptors (Lipinski definition) is 3. The van der Waals surface area contributed by atoms with Crippen molar-refractivity contribution in [3.8, 4) is 0 Å². The summed E-state index contributed by atoms with van der Waals surface area (Å²) in [6.07, 6.45) is 1.81. The van der Waals surface area contributed by atoms with Crippen LogP contribution in [-0.4, -0.2) is 20.5 Å². The van der Waals surface area contributed by atoms with Crippen LogP contribution in [-0.2, 0) is 5.41 Å². The monoisotopic (exact) mass is 294 g/mol. The van der Waals surface area contributed by atoms with Gasteiger partial charge in [0.05, 0.1) is 0 Å². The summed E-state index contributed by atoms with van der Waals surface area (Å²) in [5, 5.41) is 10.8. The fourth-order valence-electron chi connectivity index (χ4n) is 2.22. The molecule has 2 aromatic heterocycles. The summed E-state index contributed by atoms with van der Waals surface area (Å²) in [6.45, 7) is 6.43. The molecule has 5 heteroatoms. The Balaban J connectivity index is 1.83. The van der Waals surface area contributed by atoms with Crippen LogP contribution >= 0.6 is 0 Å². The number of carbonyl (C=O) groups is 1. The second-order valence-electron chi connectivity index (χ2n) is 6.23. The molecule has 2 heterocycles. The lowest BCUT2D eigenvalue weighted by atomic mass is 9.87. The number of nitrogens with zero attached hydrogens (tertiary/aromatic N) is 3. The third-order valence-electron chi connectivity index (χ3n) is 3.55. The number of pyridine rings is 1. The van der Waals surface area contributed by atoms with Gasteiger partial charge in [-0.15, -0.1) is 10.2 Å². The molecule has 3 rings (SSSR count). The summed E-state index contributed by atoms with van der Waals surface area (Å²) in [5.74, 6) is 0.221. The largest absolute Gasteiger partial charge is 0.290 e. The zero-order chi connectivity index (χ0) is 15.7. The maximum Gasteiger partial charge on any atom is 0.258 e. The van der Waals surface area contributed by atoms with Crippen LogP contribution in [0.2, 0.25) is 0 Å². The highest BCUT2D eigenvalue weighted by Crippen LogP contribution is 2.22. The molecule has 1 N–H and O–H groups in total. The Hall–Kier alpha value is -2.69. The van der Waals surface area contributed by atoms with Crippen molar-refractivity contribution < 1.29 is 4.79 Å². The van der Waals surface area contributed by atoms with Gasteiger partial charge in [0, 0.05) is 11.8 Å². The van der Waals surface area contributed by atoms with Crippen LogP contribution in [0.1, 0.15) is 36.7 Å². The van der Waals surface area contributed by atoms with E-state index in [0.717, 1.165) is 0 Å². The molecule has 1 aromatic carbocycles. The van der Waals surface area contributed by atoms with Crippen molar-refractivity contribution in [2.45, 2.75) is 26.2 Å². The maximum atomic E-state index is 12.3. The first kappa shape index (κ1) is 14.3. The predicted octanol–water partition coefficient (Wildman–Crippen LogP) is 3.28. The lowest BCUT2D eigenvalue weighted by Gasteiger charge is -2.18. The van der Waals surface area contributed by atoms with E-state index in [1.165, 1.54) is 5.56 Å². The van der Waals surface area contributed by atoms with Gasteiger partial charge in [0.25, 0.3) is 5.91 Å². The Morgan fingerprint density at radius 3 is 2.45 bits per heavy atom. The van der Waals surface area contributed by atoms with Crippen LogP contribution < -0.4 is 5.32 Å². The molecule has 5 nitrogen and oxygen atoms in total. The van der Waals surface area contributed by atoms with Gasteiger partial charge in [-0.1, -0.05) is 39.0 Å². The van der Waals surface area contributed by atoms with Crippen LogP contribution in [0.15, 0.2) is 48.7 Å². The van der Waals surface area contributed by atoms with Gasteiger partial charge in [-0.05, 0) is 35.2 Å². The minimum Gasteiger partial charge on any atom is -0.290 e. The van der Waals surface area contributed by atoms with Crippen molar-refractivity contribution in [1.29, 1.82) is 0 Å². The highest BCUT2D eigenvalue weighted by molar-refractivity contribution is 6.03. The summed E-state index contributed by atoms with van der Waals surface area (Å²) in [7, 11) is 0. The maximum absolute atomic E-state index is 12.3. The zero-order valence-electron chi connectivity index (χ0n) is 12.9. The van der Waals surface area contributed by atoms with Gasteiger partial charge >= 0.3 is 0 Å². The molecule has 112 valence electrons. The zero-order valence-corrected chi connectivity index (χ0v) is 12.9. The van der Waals surface area contributed by atoms with E-state index in [0.29, 0.717) is 17.2 Å². The Bertz CT molecular complexity index is 813. The summed E-state index contributed by atoms with van der Waals surface area (Å²) >= 11 is 0. The SMILES string of the molecule is CC(C)(C)c1ccc(C(=O)Nc2nnc3ccccn23)cc1. The summed E-state index contributed by atoms with van der Waals surface area (Å²) in [4.78, 5) is 12.3. The van der Waals surface area contributed by atoms with Gasteiger partial charge in [-0.2, -0.15) is 0 Å². The highest BCUT2D eigenvalue weighted by Gasteiger charge is 2.15. The van der Waals surface area contributed by atoms with Gasteiger partial charge in [-0.3, -0.25) is 14.5 Å². The number of carbonyl (C=O) groups excluding carboxylic acids is 1. The van der Waals surface area contributed by atoms with E-state index in [-0.39, 0.29) is 11.3 Å². The van der Waals surface area contributed by atoms with Crippen LogP contribution in [0.5, 0.6) is 0 Å². The van der Waals surface area contributed by atoms with E-state index < -0.39 is 0 Å². The van der Waals surface area contributed by atoms with Crippen molar-refractivity contribution in [1.82, 2.24) is 14.6 Å². The number of hydrogen-bond donors (Lipinski definition) is 1. The molecule has 3 aromatic rings. The number of anilines is 1. The molecule has 0 aliphatic heterocycles. The first-order chi connectivity index (χ1) is 10.4. The molecule has 0 aliphatic rings. The molecule has 0 radical (unpaired) electrons. The summed E-state index contributed by atoms with van der Waals surface area (Å²) < 4.78 is 1.74. The smallest absolute Gasteiger partial charge is 0.258 e. The standard InChI is InChI=1S/C17H18N4O/c1-17(2,3)13-9-7-12(8-10-13)15(22)18-16-20-19-14-6-4-5-11-21(14)16/h4-11H,1-3H3,(H,18,20,22). The molecule has 0 fully saturated rings. The van der Waals surface area contributed by atoms with Crippen molar-refractivity contribution in [3.05, 3.63) is 59.8 Å². The topological polar surface area (TPSA) is 59.3 Å². The molecular weight excluding hydrogens is 276 g/mol. The minimum absolute atomic E-state index is 0.0677. The molecule has 0 unspecified atom stereocenters. The summed E-state index contributed by atoms with van der Waals surface area (Å²) in [6, 6.07) is 13.2. The Kier molecular flexibility index (Phi) is 3.41. The van der Waals surface area contributed by atoms with Gasteiger partial charge in [0.1, 0.15) is 0 Å². The molecule has 1 amide bonds. The molecular formula is C17H18N4O. The number of rotatable bonds is 2. The Morgan fingerprint density at radius 2 is 1.77 bits per heavy atom. The number of aromatic nitrogens is 3. The first-order valence-corrected chi connectivity index (χ1v) is 7.17. The summed E-state index contributed by atoms with van der Waals surface area (Å²) in [5.41, 5.74) is 2.55. The second-order valence-corrected chi connectivity index (χ2v) is 6.23. The third-order valence-corrected chi connectivity index (χ3v) is 3.55. The van der Waals surface area contributed by atoms with E-state index in [2.05, 4.69) is 36.3 Å². The molecule has 0 saturated heterocycles. The van der Waals surface area contributed by atoms with Crippen molar-refractivity contribution in [3.63, 3.8) is 0 Å². The normalized spacial score (nSPS) is 11.6. The quantitative estimate of drug-likeness (QED) is 0.789. The Morgan fingerprint density at radius 1 is 1.05 bits per heavy atom. The molecule has 0 bridgehead atoms. The van der Waals surface area contributed by atoms with Gasteiger partial charge < -0.3 is 0 Å². The Labute approximate surface area is 129 Å². The minimum atomic E-state index is -0.196. The van der Waals surface area contributed by atoms with Gasteiger partial charge in [0.2, 0.25) is 5.95 Å². The van der Waals surface area contributed by atoms with Crippen LogP contribution in [0.4, 0.5) is 5.95 Å². The number of benzene rings is 1. The fraction of sp³-hybridized carbons (Fsp3) is 0.235. The number of nitrogens with one attached hydrogen (secondary N) is 1. The lowest BCUT2D eigenvalue weighted by Crippen LogP contribution is -2.15. The highest BCUT2D eigenvalue weighted by atomic mass is 16.1. The number of amides is 1. The lowest BCUT2D eigenvalue weighted by molar-refractivity contribution is 0.102. The van der Waals surface area contributed by atoms with E-state index in [1.807, 2.05) is 48.7 Å². The van der Waals surface area contributed by atoms with Crippen molar-refractivity contribution >= 4 is 17.5 Å². The fourth-order valence-corrected chi connectivity index (χ4v) is 2.22. The molecule has 0 aliphatic carbocycles. The second kappa shape index (κ2) is 5.26. The van der Waals surface area contributed by atoms with Gasteiger partial charge in [0.15, 0.2) is 5.65 Å². The molecule has 22 heavy (non-hydrogen) atoms. The van der Waals surface area contributed by atoms with E-state index in [4.69, 9.17) is 0 Å². The predicted molar refractivity (Wildman–Crippen MR) is 86.1 cm³/mol. The van der Waals surface area contributed by atoms with Crippen LogP contribution in [0, 0.1) is 0 Å². The third kappa shape index (κ3) is 2.70. The molecule has 0 saturated carbocycles. The average Bonchev–Trinajstić information content (AvgIpc) is 2.90. The van der Waals surface area contributed by atoms with E-state index in [1.54, 1.807) is 4.40 Å². The van der Waals surface area contributed by atoms with Crippen LogP contribution in [0.3, 0.4) is 0 Å². The van der Waals surface area contributed by atoms with Crippen molar-refractivity contribution in [2.75, 3.05) is 5.32 Å². The average molecular weight is 294 g/mol. The van der Waals surface area contributed by atoms with Gasteiger partial charge in [-0.25, -0.2) is 0 Å². The first-order valence-electron chi connectivity index (χ1n) is 7.17. The van der Waals surface area contributed by atoms with E-state index >= 15 is 0 Å².